The summed E-state index contributed by atoms with van der Waals surface area (Å²) in [5, 5.41) is 13.0. The third kappa shape index (κ3) is 4.37. The monoisotopic (exact) mass is 365 g/mol. The second-order valence-electron chi connectivity index (χ2n) is 5.57. The predicted molar refractivity (Wildman–Crippen MR) is 98.1 cm³/mol. The van der Waals surface area contributed by atoms with Crippen molar-refractivity contribution in [2.24, 2.45) is 0 Å². The summed E-state index contributed by atoms with van der Waals surface area (Å²) in [7, 11) is 0. The number of fused-ring (bicyclic) bond motifs is 1. The van der Waals surface area contributed by atoms with E-state index in [9.17, 15) is 19.7 Å². The summed E-state index contributed by atoms with van der Waals surface area (Å²) in [6, 6.07) is 18.6. The van der Waals surface area contributed by atoms with E-state index in [1.807, 2.05) is 30.3 Å². The first-order chi connectivity index (χ1) is 13.0. The van der Waals surface area contributed by atoms with Gasteiger partial charge in [-0.2, -0.15) is 0 Å². The van der Waals surface area contributed by atoms with Gasteiger partial charge >= 0.3 is 0 Å². The number of hydrogen-bond donors (Lipinski definition) is 2. The fourth-order valence-electron chi connectivity index (χ4n) is 2.46. The molecular formula is C19H15N3O5. The molecule has 136 valence electrons. The van der Waals surface area contributed by atoms with E-state index in [-0.39, 0.29) is 17.9 Å². The summed E-state index contributed by atoms with van der Waals surface area (Å²) in [6.45, 7) is -0.324. The number of nitro benzene ring substituents is 1. The highest BCUT2D eigenvalue weighted by Crippen LogP contribution is 2.20. The zero-order valence-corrected chi connectivity index (χ0v) is 14.0. The van der Waals surface area contributed by atoms with Crippen LogP contribution in [-0.2, 0) is 4.79 Å². The van der Waals surface area contributed by atoms with E-state index in [2.05, 4.69) is 10.9 Å². The number of nitro groups is 1. The van der Waals surface area contributed by atoms with Crippen molar-refractivity contribution in [2.75, 3.05) is 6.61 Å². The van der Waals surface area contributed by atoms with Gasteiger partial charge in [0.1, 0.15) is 11.3 Å². The maximum atomic E-state index is 12.0. The van der Waals surface area contributed by atoms with Gasteiger partial charge in [0.15, 0.2) is 6.61 Å². The highest BCUT2D eigenvalue weighted by Gasteiger charge is 2.19. The van der Waals surface area contributed by atoms with Crippen LogP contribution in [-0.4, -0.2) is 23.3 Å². The van der Waals surface area contributed by atoms with Gasteiger partial charge in [-0.1, -0.05) is 42.5 Å². The van der Waals surface area contributed by atoms with Crippen LogP contribution in [0, 0.1) is 10.1 Å². The van der Waals surface area contributed by atoms with Crippen molar-refractivity contribution >= 4 is 28.3 Å². The Morgan fingerprint density at radius 3 is 2.41 bits per heavy atom. The van der Waals surface area contributed by atoms with Crippen molar-refractivity contribution in [3.05, 3.63) is 82.4 Å². The Labute approximate surface area is 153 Å². The van der Waals surface area contributed by atoms with Crippen molar-refractivity contribution in [2.45, 2.75) is 0 Å². The van der Waals surface area contributed by atoms with Crippen molar-refractivity contribution in [3.63, 3.8) is 0 Å². The molecule has 2 N–H and O–H groups in total. The van der Waals surface area contributed by atoms with E-state index >= 15 is 0 Å². The number of nitrogens with zero attached hydrogens (tertiary/aromatic N) is 1. The SMILES string of the molecule is O=C(COc1ccc2ccccc2c1)NNC(=O)c1ccccc1[N+](=O)[O-]. The first-order valence-corrected chi connectivity index (χ1v) is 7.99. The molecular weight excluding hydrogens is 350 g/mol. The number of carbonyl (C=O) groups excluding carboxylic acids is 2. The van der Waals surface area contributed by atoms with Crippen molar-refractivity contribution in [1.29, 1.82) is 0 Å². The molecule has 2 amide bonds. The molecule has 0 spiro atoms. The summed E-state index contributed by atoms with van der Waals surface area (Å²) in [5.41, 5.74) is 3.80. The largest absolute Gasteiger partial charge is 0.484 e. The molecule has 8 nitrogen and oxygen atoms in total. The standard InChI is InChI=1S/C19H15N3O5/c23-18(12-27-15-10-9-13-5-1-2-6-14(13)11-15)20-21-19(24)16-7-3-4-8-17(16)22(25)26/h1-11H,12H2,(H,20,23)(H,21,24). The number of hydrazine groups is 1. The number of amides is 2. The molecule has 0 unspecified atom stereocenters. The molecule has 0 saturated heterocycles. The van der Waals surface area contributed by atoms with Crippen molar-refractivity contribution < 1.29 is 19.2 Å². The van der Waals surface area contributed by atoms with Gasteiger partial charge < -0.3 is 4.74 Å². The van der Waals surface area contributed by atoms with Crippen molar-refractivity contribution in [3.8, 4) is 5.75 Å². The quantitative estimate of drug-likeness (QED) is 0.533. The minimum Gasteiger partial charge on any atom is -0.484 e. The lowest BCUT2D eigenvalue weighted by atomic mass is 10.1. The Kier molecular flexibility index (Phi) is 5.27. The van der Waals surface area contributed by atoms with Crippen LogP contribution in [0.5, 0.6) is 5.75 Å². The number of hydrogen-bond acceptors (Lipinski definition) is 5. The van der Waals surface area contributed by atoms with E-state index in [0.29, 0.717) is 5.75 Å². The fraction of sp³-hybridized carbons (Fsp3) is 0.0526. The van der Waals surface area contributed by atoms with E-state index in [1.54, 1.807) is 12.1 Å². The molecule has 0 aliphatic heterocycles. The third-order valence-corrected chi connectivity index (χ3v) is 3.75. The van der Waals surface area contributed by atoms with Crippen LogP contribution in [0.3, 0.4) is 0 Å². The van der Waals surface area contributed by atoms with E-state index in [0.717, 1.165) is 10.8 Å². The smallest absolute Gasteiger partial charge is 0.282 e. The maximum Gasteiger partial charge on any atom is 0.282 e. The minimum atomic E-state index is -0.790. The number of carbonyl (C=O) groups is 2. The average molecular weight is 365 g/mol. The molecule has 27 heavy (non-hydrogen) atoms. The lowest BCUT2D eigenvalue weighted by molar-refractivity contribution is -0.385. The summed E-state index contributed by atoms with van der Waals surface area (Å²) >= 11 is 0. The highest BCUT2D eigenvalue weighted by molar-refractivity contribution is 5.99. The van der Waals surface area contributed by atoms with Gasteiger partial charge in [-0.15, -0.1) is 0 Å². The van der Waals surface area contributed by atoms with Crippen LogP contribution in [0.4, 0.5) is 5.69 Å². The van der Waals surface area contributed by atoms with Gasteiger partial charge in [-0.25, -0.2) is 0 Å². The lowest BCUT2D eigenvalue weighted by Gasteiger charge is -2.09. The second kappa shape index (κ2) is 7.96. The molecule has 0 saturated carbocycles. The molecule has 8 heteroatoms. The number of nitrogens with one attached hydrogen (secondary N) is 2. The predicted octanol–water partition coefficient (Wildman–Crippen LogP) is 2.59. The van der Waals surface area contributed by atoms with E-state index < -0.39 is 16.7 Å². The summed E-state index contributed by atoms with van der Waals surface area (Å²) < 4.78 is 5.40. The van der Waals surface area contributed by atoms with Gasteiger partial charge in [-0.3, -0.25) is 30.6 Å². The number of ether oxygens (including phenoxy) is 1. The molecule has 0 radical (unpaired) electrons. The Morgan fingerprint density at radius 2 is 1.63 bits per heavy atom. The topological polar surface area (TPSA) is 111 Å². The third-order valence-electron chi connectivity index (χ3n) is 3.75. The zero-order chi connectivity index (χ0) is 19.2. The van der Waals surface area contributed by atoms with Crippen molar-refractivity contribution in [1.82, 2.24) is 10.9 Å². The molecule has 0 aliphatic carbocycles. The second-order valence-corrected chi connectivity index (χ2v) is 5.57. The first kappa shape index (κ1) is 17.9. The van der Waals surface area contributed by atoms with Gasteiger partial charge in [0.05, 0.1) is 4.92 Å². The number of para-hydroxylation sites is 1. The zero-order valence-electron chi connectivity index (χ0n) is 14.0. The fourth-order valence-corrected chi connectivity index (χ4v) is 2.46. The normalized spacial score (nSPS) is 10.2. The Morgan fingerprint density at radius 1 is 0.926 bits per heavy atom. The summed E-state index contributed by atoms with van der Waals surface area (Å²) in [4.78, 5) is 34.1. The van der Waals surface area contributed by atoms with Crippen LogP contribution >= 0.6 is 0 Å². The Hall–Kier alpha value is -3.94. The van der Waals surface area contributed by atoms with E-state index in [1.165, 1.54) is 24.3 Å². The van der Waals surface area contributed by atoms with Crippen LogP contribution in [0.15, 0.2) is 66.7 Å². The maximum absolute atomic E-state index is 12.0. The highest BCUT2D eigenvalue weighted by atomic mass is 16.6. The molecule has 0 aliphatic rings. The summed E-state index contributed by atoms with van der Waals surface area (Å²) in [5.74, 6) is -0.884. The van der Waals surface area contributed by atoms with E-state index in [4.69, 9.17) is 4.74 Å². The minimum absolute atomic E-state index is 0.154. The number of rotatable bonds is 5. The Bertz CT molecular complexity index is 1020. The van der Waals surface area contributed by atoms with Gasteiger partial charge in [0.2, 0.25) is 0 Å². The van der Waals surface area contributed by atoms with Crippen LogP contribution in [0.25, 0.3) is 10.8 Å². The van der Waals surface area contributed by atoms with Crippen LogP contribution in [0.2, 0.25) is 0 Å². The molecule has 3 rings (SSSR count). The Balaban J connectivity index is 1.55. The molecule has 0 heterocycles. The van der Waals surface area contributed by atoms with Gasteiger partial charge in [0.25, 0.3) is 17.5 Å². The van der Waals surface area contributed by atoms with Gasteiger partial charge in [0, 0.05) is 6.07 Å². The molecule has 3 aromatic carbocycles. The first-order valence-electron chi connectivity index (χ1n) is 7.99. The van der Waals surface area contributed by atoms with Crippen LogP contribution in [0.1, 0.15) is 10.4 Å². The van der Waals surface area contributed by atoms with Crippen LogP contribution < -0.4 is 15.6 Å². The number of benzene rings is 3. The van der Waals surface area contributed by atoms with Gasteiger partial charge in [-0.05, 0) is 29.0 Å². The average Bonchev–Trinajstić information content (AvgIpc) is 2.70. The molecule has 0 bridgehead atoms. The molecule has 0 atom stereocenters. The molecule has 3 aromatic rings. The molecule has 0 fully saturated rings. The molecule has 0 aromatic heterocycles. The lowest BCUT2D eigenvalue weighted by Crippen LogP contribution is -2.44. The summed E-state index contributed by atoms with van der Waals surface area (Å²) in [6.07, 6.45) is 0.